The standard InChI is InChI=1S/C15H24N2O3S/c1-3-9-16-21(19,20)14-6-4-13(5-7-14)17-10-8-15(18)12(2)11-17/h4-7,12,15-16,18H,3,8-11H2,1-2H3. The van der Waals surface area contributed by atoms with E-state index >= 15 is 0 Å². The minimum Gasteiger partial charge on any atom is -0.393 e. The van der Waals surface area contributed by atoms with Crippen molar-refractivity contribution in [3.8, 4) is 0 Å². The van der Waals surface area contributed by atoms with E-state index in [1.54, 1.807) is 12.1 Å². The normalized spacial score (nSPS) is 23.3. The van der Waals surface area contributed by atoms with Gasteiger partial charge in [0, 0.05) is 25.3 Å². The number of nitrogens with one attached hydrogen (secondary N) is 1. The number of anilines is 1. The lowest BCUT2D eigenvalue weighted by molar-refractivity contribution is 0.0971. The lowest BCUT2D eigenvalue weighted by Crippen LogP contribution is -2.41. The van der Waals surface area contributed by atoms with Crippen molar-refractivity contribution in [1.29, 1.82) is 0 Å². The Balaban J connectivity index is 2.09. The van der Waals surface area contributed by atoms with E-state index in [2.05, 4.69) is 9.62 Å². The highest BCUT2D eigenvalue weighted by atomic mass is 32.2. The maximum atomic E-state index is 12.0. The molecular weight excluding hydrogens is 288 g/mol. The van der Waals surface area contributed by atoms with Crippen LogP contribution in [0.1, 0.15) is 26.7 Å². The van der Waals surface area contributed by atoms with Gasteiger partial charge in [0.25, 0.3) is 0 Å². The predicted octanol–water partition coefficient (Wildman–Crippen LogP) is 1.58. The molecule has 1 saturated heterocycles. The Hall–Kier alpha value is -1.11. The third kappa shape index (κ3) is 3.96. The lowest BCUT2D eigenvalue weighted by Gasteiger charge is -2.36. The van der Waals surface area contributed by atoms with Crippen LogP contribution in [0.25, 0.3) is 0 Å². The summed E-state index contributed by atoms with van der Waals surface area (Å²) in [7, 11) is -3.40. The van der Waals surface area contributed by atoms with Crippen LogP contribution in [0.5, 0.6) is 0 Å². The number of piperidine rings is 1. The average molecular weight is 312 g/mol. The zero-order valence-corrected chi connectivity index (χ0v) is 13.4. The molecule has 1 fully saturated rings. The zero-order chi connectivity index (χ0) is 15.5. The average Bonchev–Trinajstić information content (AvgIpc) is 2.48. The van der Waals surface area contributed by atoms with Gasteiger partial charge in [0.2, 0.25) is 10.0 Å². The SMILES string of the molecule is CCCNS(=O)(=O)c1ccc(N2CCC(O)C(C)C2)cc1. The van der Waals surface area contributed by atoms with Gasteiger partial charge in [0.05, 0.1) is 11.0 Å². The summed E-state index contributed by atoms with van der Waals surface area (Å²) in [5.41, 5.74) is 1.00. The molecule has 2 N–H and O–H groups in total. The topological polar surface area (TPSA) is 69.6 Å². The second-order valence-electron chi connectivity index (χ2n) is 5.67. The van der Waals surface area contributed by atoms with Crippen molar-refractivity contribution in [2.45, 2.75) is 37.7 Å². The molecule has 0 spiro atoms. The highest BCUT2D eigenvalue weighted by Gasteiger charge is 2.24. The molecule has 0 aromatic heterocycles. The van der Waals surface area contributed by atoms with Crippen LogP contribution in [0.4, 0.5) is 5.69 Å². The highest BCUT2D eigenvalue weighted by molar-refractivity contribution is 7.89. The highest BCUT2D eigenvalue weighted by Crippen LogP contribution is 2.24. The first-order valence-electron chi connectivity index (χ1n) is 7.47. The quantitative estimate of drug-likeness (QED) is 0.866. The molecule has 1 aliphatic rings. The van der Waals surface area contributed by atoms with Gasteiger partial charge in [0.1, 0.15) is 0 Å². The van der Waals surface area contributed by atoms with Gasteiger partial charge >= 0.3 is 0 Å². The number of hydrogen-bond acceptors (Lipinski definition) is 4. The van der Waals surface area contributed by atoms with Gasteiger partial charge in [-0.3, -0.25) is 0 Å². The number of rotatable bonds is 5. The minimum atomic E-state index is -3.40. The molecule has 2 rings (SSSR count). The minimum absolute atomic E-state index is 0.230. The van der Waals surface area contributed by atoms with Crippen LogP contribution in [-0.2, 0) is 10.0 Å². The number of aliphatic hydroxyl groups excluding tert-OH is 1. The van der Waals surface area contributed by atoms with Gasteiger partial charge in [-0.05, 0) is 43.0 Å². The summed E-state index contributed by atoms with van der Waals surface area (Å²) in [5, 5.41) is 9.76. The van der Waals surface area contributed by atoms with Crippen LogP contribution in [0.3, 0.4) is 0 Å². The summed E-state index contributed by atoms with van der Waals surface area (Å²) in [6.07, 6.45) is 1.28. The molecule has 2 atom stereocenters. The molecule has 0 radical (unpaired) electrons. The molecule has 0 bridgehead atoms. The van der Waals surface area contributed by atoms with E-state index in [1.165, 1.54) is 0 Å². The Morgan fingerprint density at radius 2 is 2.00 bits per heavy atom. The molecule has 2 unspecified atom stereocenters. The number of sulfonamides is 1. The third-order valence-electron chi connectivity index (χ3n) is 3.91. The summed E-state index contributed by atoms with van der Waals surface area (Å²) in [6.45, 7) is 6.00. The molecule has 5 nitrogen and oxygen atoms in total. The molecule has 1 aliphatic heterocycles. The van der Waals surface area contributed by atoms with Crippen LogP contribution in [-0.4, -0.2) is 39.3 Å². The molecule has 0 amide bonds. The van der Waals surface area contributed by atoms with E-state index in [1.807, 2.05) is 26.0 Å². The molecule has 0 saturated carbocycles. The van der Waals surface area contributed by atoms with Crippen molar-refractivity contribution in [3.05, 3.63) is 24.3 Å². The maximum Gasteiger partial charge on any atom is 0.240 e. The molecule has 1 aromatic carbocycles. The van der Waals surface area contributed by atoms with Crippen LogP contribution in [0.2, 0.25) is 0 Å². The number of benzene rings is 1. The van der Waals surface area contributed by atoms with Crippen molar-refractivity contribution < 1.29 is 13.5 Å². The Bertz CT molecular complexity index is 557. The van der Waals surface area contributed by atoms with Crippen molar-refractivity contribution in [1.82, 2.24) is 4.72 Å². The van der Waals surface area contributed by atoms with Gasteiger partial charge in [-0.2, -0.15) is 0 Å². The van der Waals surface area contributed by atoms with Gasteiger partial charge in [-0.25, -0.2) is 13.1 Å². The molecule has 1 heterocycles. The Morgan fingerprint density at radius 3 is 2.57 bits per heavy atom. The lowest BCUT2D eigenvalue weighted by atomic mass is 9.96. The fraction of sp³-hybridized carbons (Fsp3) is 0.600. The second kappa shape index (κ2) is 6.77. The van der Waals surface area contributed by atoms with Gasteiger partial charge in [-0.1, -0.05) is 13.8 Å². The summed E-state index contributed by atoms with van der Waals surface area (Å²) in [4.78, 5) is 2.48. The fourth-order valence-corrected chi connectivity index (χ4v) is 3.66. The first kappa shape index (κ1) is 16.3. The van der Waals surface area contributed by atoms with E-state index in [0.717, 1.165) is 31.6 Å². The number of hydrogen-bond donors (Lipinski definition) is 2. The monoisotopic (exact) mass is 312 g/mol. The zero-order valence-electron chi connectivity index (χ0n) is 12.6. The molecular formula is C15H24N2O3S. The largest absolute Gasteiger partial charge is 0.393 e. The summed E-state index contributed by atoms with van der Waals surface area (Å²) >= 11 is 0. The smallest absolute Gasteiger partial charge is 0.240 e. The second-order valence-corrected chi connectivity index (χ2v) is 7.44. The van der Waals surface area contributed by atoms with Crippen LogP contribution in [0, 0.1) is 5.92 Å². The van der Waals surface area contributed by atoms with Crippen LogP contribution in [0.15, 0.2) is 29.2 Å². The Labute approximate surface area is 127 Å². The van der Waals surface area contributed by atoms with E-state index < -0.39 is 10.0 Å². The van der Waals surface area contributed by atoms with Gasteiger partial charge < -0.3 is 10.0 Å². The van der Waals surface area contributed by atoms with Crippen molar-refractivity contribution in [3.63, 3.8) is 0 Å². The molecule has 6 heteroatoms. The predicted molar refractivity (Wildman–Crippen MR) is 83.9 cm³/mol. The number of nitrogens with zero attached hydrogens (tertiary/aromatic N) is 1. The van der Waals surface area contributed by atoms with Crippen molar-refractivity contribution in [2.24, 2.45) is 5.92 Å². The van der Waals surface area contributed by atoms with Crippen molar-refractivity contribution >= 4 is 15.7 Å². The van der Waals surface area contributed by atoms with Gasteiger partial charge in [0.15, 0.2) is 0 Å². The van der Waals surface area contributed by atoms with Crippen LogP contribution < -0.4 is 9.62 Å². The van der Waals surface area contributed by atoms with E-state index in [4.69, 9.17) is 0 Å². The van der Waals surface area contributed by atoms with E-state index in [0.29, 0.717) is 11.4 Å². The fourth-order valence-electron chi connectivity index (χ4n) is 2.52. The maximum absolute atomic E-state index is 12.0. The number of aliphatic hydroxyl groups is 1. The molecule has 1 aromatic rings. The van der Waals surface area contributed by atoms with Crippen molar-refractivity contribution in [2.75, 3.05) is 24.5 Å². The van der Waals surface area contributed by atoms with E-state index in [9.17, 15) is 13.5 Å². The van der Waals surface area contributed by atoms with Gasteiger partial charge in [-0.15, -0.1) is 0 Å². The van der Waals surface area contributed by atoms with Crippen LogP contribution >= 0.6 is 0 Å². The first-order valence-corrected chi connectivity index (χ1v) is 8.95. The van der Waals surface area contributed by atoms with E-state index in [-0.39, 0.29) is 12.0 Å². The Morgan fingerprint density at radius 1 is 1.33 bits per heavy atom. The summed E-state index contributed by atoms with van der Waals surface area (Å²) in [6, 6.07) is 6.96. The molecule has 21 heavy (non-hydrogen) atoms. The third-order valence-corrected chi connectivity index (χ3v) is 5.39. The Kier molecular flexibility index (Phi) is 5.24. The molecule has 0 aliphatic carbocycles. The first-order chi connectivity index (χ1) is 9.94. The summed E-state index contributed by atoms with van der Waals surface area (Å²) in [5.74, 6) is 0.230. The molecule has 118 valence electrons. The summed E-state index contributed by atoms with van der Waals surface area (Å²) < 4.78 is 26.6.